The van der Waals surface area contributed by atoms with Crippen molar-refractivity contribution in [2.45, 2.75) is 354 Å². The van der Waals surface area contributed by atoms with Gasteiger partial charge in [-0.15, -0.1) is 0 Å². The normalized spacial score (nSPS) is 13.6. The summed E-state index contributed by atoms with van der Waals surface area (Å²) in [4.78, 5) is 35.9. The van der Waals surface area contributed by atoms with Gasteiger partial charge in [0.2, 0.25) is 0 Å². The summed E-state index contributed by atoms with van der Waals surface area (Å²) >= 11 is 0. The van der Waals surface area contributed by atoms with Gasteiger partial charge in [-0.05, 0) is 96.3 Å². The lowest BCUT2D eigenvalue weighted by atomic mass is 10.0. The van der Waals surface area contributed by atoms with Gasteiger partial charge in [-0.3, -0.25) is 18.6 Å². The molecule has 0 rings (SSSR count). The number of nitrogens with zero attached hydrogens (tertiary/aromatic N) is 1. The molecule has 0 bridgehead atoms. The molecule has 0 heterocycles. The summed E-state index contributed by atoms with van der Waals surface area (Å²) in [5, 5.41) is 0. The van der Waals surface area contributed by atoms with E-state index in [2.05, 4.69) is 111 Å². The zero-order chi connectivity index (χ0) is 65.5. The molecule has 2 atom stereocenters. The van der Waals surface area contributed by atoms with Crippen molar-refractivity contribution in [3.63, 3.8) is 0 Å². The molecule has 0 radical (unpaired) electrons. The van der Waals surface area contributed by atoms with Crippen molar-refractivity contribution in [1.82, 2.24) is 0 Å². The van der Waals surface area contributed by atoms with Crippen molar-refractivity contribution in [1.29, 1.82) is 0 Å². The Kier molecular flexibility index (Phi) is 67.9. The number of phosphoric ester groups is 1. The summed E-state index contributed by atoms with van der Waals surface area (Å²) in [5.41, 5.74) is 0. The summed E-state index contributed by atoms with van der Waals surface area (Å²) in [5.74, 6) is -0.783. The first-order valence-electron chi connectivity index (χ1n) is 38.0. The van der Waals surface area contributed by atoms with Crippen LogP contribution in [0, 0.1) is 0 Å². The second kappa shape index (κ2) is 70.3. The average molecular weight is 1280 g/mol. The topological polar surface area (TPSA) is 108 Å². The van der Waals surface area contributed by atoms with E-state index in [0.29, 0.717) is 17.4 Å². The van der Waals surface area contributed by atoms with E-state index in [1.165, 1.54) is 238 Å². The van der Waals surface area contributed by atoms with Gasteiger partial charge < -0.3 is 18.9 Å². The van der Waals surface area contributed by atoms with Crippen molar-refractivity contribution < 1.29 is 42.1 Å². The third-order valence-electron chi connectivity index (χ3n) is 16.6. The van der Waals surface area contributed by atoms with Gasteiger partial charge in [0.05, 0.1) is 27.7 Å². The molecule has 0 aliphatic rings. The standard InChI is InChI=1S/C80H144NO8P/c1-6-8-10-12-14-16-18-20-22-24-26-28-30-32-34-36-37-38-39-40-41-42-43-45-47-49-51-53-55-57-59-61-63-65-67-69-71-73-80(83)89-78(77-88-90(84,85)87-75-74-81(3,4)5)76-86-79(82)72-70-68-66-64-62-60-58-56-54-52-50-48-46-44-35-33-31-29-27-25-23-21-19-17-15-13-11-9-7-2/h8,10,14,16,19-22,25-28,32,34,37-38,78H,6-7,9,11-13,15,17-18,23-24,29-31,33,35-36,39-77H2,1-5H3/p+1/b10-8-,16-14-,21-19-,22-20-,27-25-,28-26-,34-32-,38-37-. The number of esters is 2. The first-order chi connectivity index (χ1) is 44.0. The quantitative estimate of drug-likeness (QED) is 0.0211. The molecule has 0 aromatic rings. The summed E-state index contributed by atoms with van der Waals surface area (Å²) in [7, 11) is 1.49. The highest BCUT2D eigenvalue weighted by Gasteiger charge is 2.27. The van der Waals surface area contributed by atoms with Crippen LogP contribution >= 0.6 is 7.82 Å². The van der Waals surface area contributed by atoms with E-state index in [1.54, 1.807) is 0 Å². The summed E-state index contributed by atoms with van der Waals surface area (Å²) in [6, 6.07) is 0. The summed E-state index contributed by atoms with van der Waals surface area (Å²) < 4.78 is 34.8. The van der Waals surface area contributed by atoms with Crippen molar-refractivity contribution in [2.75, 3.05) is 47.5 Å². The van der Waals surface area contributed by atoms with Gasteiger partial charge in [0.15, 0.2) is 6.10 Å². The van der Waals surface area contributed by atoms with E-state index in [-0.39, 0.29) is 32.0 Å². The maximum absolute atomic E-state index is 12.9. The van der Waals surface area contributed by atoms with E-state index in [0.717, 1.165) is 77.0 Å². The van der Waals surface area contributed by atoms with Crippen LogP contribution in [0.15, 0.2) is 97.2 Å². The molecule has 0 saturated carbocycles. The van der Waals surface area contributed by atoms with E-state index < -0.39 is 26.5 Å². The Morgan fingerprint density at radius 1 is 0.356 bits per heavy atom. The zero-order valence-corrected chi connectivity index (χ0v) is 60.5. The van der Waals surface area contributed by atoms with Crippen LogP contribution in [0.25, 0.3) is 0 Å². The zero-order valence-electron chi connectivity index (χ0n) is 59.6. The second-order valence-electron chi connectivity index (χ2n) is 26.7. The molecular formula is C80H145NO8P+. The second-order valence-corrected chi connectivity index (χ2v) is 28.1. The molecule has 2 unspecified atom stereocenters. The van der Waals surface area contributed by atoms with E-state index >= 15 is 0 Å². The van der Waals surface area contributed by atoms with E-state index in [1.807, 2.05) is 21.1 Å². The van der Waals surface area contributed by atoms with Gasteiger partial charge in [-0.1, -0.05) is 336 Å². The minimum absolute atomic E-state index is 0.0311. The SMILES string of the molecule is CC/C=C\C/C=C\C/C=C\C/C=C\C/C=C\C/C=C\CCCCCCCCCCCCCCCCCCCCC(=O)OC(COC(=O)CCCCCCCCCCCCCCCCCCC/C=C\C/C=C\CCCCCCC)COP(=O)(O)OCC[N+](C)(C)C. The predicted octanol–water partition coefficient (Wildman–Crippen LogP) is 25.1. The fourth-order valence-corrected chi connectivity index (χ4v) is 11.6. The lowest BCUT2D eigenvalue weighted by molar-refractivity contribution is -0.870. The van der Waals surface area contributed by atoms with Gasteiger partial charge in [0, 0.05) is 12.8 Å². The Bertz CT molecular complexity index is 1840. The molecule has 10 heteroatoms. The van der Waals surface area contributed by atoms with E-state index in [9.17, 15) is 19.0 Å². The number of rotatable bonds is 70. The largest absolute Gasteiger partial charge is 0.472 e. The van der Waals surface area contributed by atoms with Gasteiger partial charge in [-0.2, -0.15) is 0 Å². The van der Waals surface area contributed by atoms with E-state index in [4.69, 9.17) is 18.5 Å². The summed E-state index contributed by atoms with van der Waals surface area (Å²) in [6.07, 6.45) is 98.2. The average Bonchev–Trinajstić information content (AvgIpc) is 3.58. The number of ether oxygens (including phenoxy) is 2. The first kappa shape index (κ1) is 86.9. The molecule has 522 valence electrons. The molecule has 9 nitrogen and oxygen atoms in total. The monoisotopic (exact) mass is 1280 g/mol. The van der Waals surface area contributed by atoms with Gasteiger partial charge in [0.1, 0.15) is 19.8 Å². The molecule has 90 heavy (non-hydrogen) atoms. The molecule has 0 fully saturated rings. The Hall–Kier alpha value is -3.07. The number of phosphoric acid groups is 1. The third-order valence-corrected chi connectivity index (χ3v) is 17.6. The first-order valence-corrected chi connectivity index (χ1v) is 39.5. The Morgan fingerprint density at radius 2 is 0.633 bits per heavy atom. The van der Waals surface area contributed by atoms with Crippen molar-refractivity contribution in [2.24, 2.45) is 0 Å². The molecule has 0 amide bonds. The number of hydrogen-bond donors (Lipinski definition) is 1. The maximum atomic E-state index is 12.9. The maximum Gasteiger partial charge on any atom is 0.472 e. The number of carbonyl (C=O) groups excluding carboxylic acids is 2. The van der Waals surface area contributed by atoms with Gasteiger partial charge in [-0.25, -0.2) is 4.57 Å². The third kappa shape index (κ3) is 74.0. The van der Waals surface area contributed by atoms with Crippen LogP contribution in [0.1, 0.15) is 348 Å². The predicted molar refractivity (Wildman–Crippen MR) is 390 cm³/mol. The lowest BCUT2D eigenvalue weighted by Gasteiger charge is -2.24. The molecule has 0 aliphatic heterocycles. The smallest absolute Gasteiger partial charge is 0.462 e. The fourth-order valence-electron chi connectivity index (χ4n) is 10.8. The highest BCUT2D eigenvalue weighted by atomic mass is 31.2. The van der Waals surface area contributed by atoms with Crippen molar-refractivity contribution in [3.05, 3.63) is 97.2 Å². The van der Waals surface area contributed by atoms with Crippen molar-refractivity contribution >= 4 is 19.8 Å². The minimum Gasteiger partial charge on any atom is -0.462 e. The summed E-state index contributed by atoms with van der Waals surface area (Å²) in [6.45, 7) is 4.36. The highest BCUT2D eigenvalue weighted by Crippen LogP contribution is 2.43. The molecule has 0 aromatic carbocycles. The number of likely N-dealkylation sites (N-methyl/N-ethyl adjacent to an activating group) is 1. The number of unbranched alkanes of at least 4 members (excludes halogenated alkanes) is 40. The van der Waals surface area contributed by atoms with Crippen LogP contribution in [0.3, 0.4) is 0 Å². The number of allylic oxidation sites excluding steroid dienone is 16. The van der Waals surface area contributed by atoms with Crippen LogP contribution in [0.5, 0.6) is 0 Å². The molecule has 0 aliphatic carbocycles. The molecule has 1 N–H and O–H groups in total. The van der Waals surface area contributed by atoms with Gasteiger partial charge in [0.25, 0.3) is 0 Å². The number of quaternary nitrogens is 1. The molecule has 0 spiro atoms. The van der Waals surface area contributed by atoms with Crippen LogP contribution in [0.4, 0.5) is 0 Å². The lowest BCUT2D eigenvalue weighted by Crippen LogP contribution is -2.37. The minimum atomic E-state index is -4.40. The Morgan fingerprint density at radius 3 is 0.944 bits per heavy atom. The molecule has 0 saturated heterocycles. The highest BCUT2D eigenvalue weighted by molar-refractivity contribution is 7.47. The van der Waals surface area contributed by atoms with Crippen LogP contribution in [-0.2, 0) is 32.7 Å². The van der Waals surface area contributed by atoms with Crippen LogP contribution in [-0.4, -0.2) is 74.9 Å². The molecular weight excluding hydrogens is 1130 g/mol. The van der Waals surface area contributed by atoms with Crippen LogP contribution < -0.4 is 0 Å². The van der Waals surface area contributed by atoms with Gasteiger partial charge >= 0.3 is 19.8 Å². The van der Waals surface area contributed by atoms with Crippen molar-refractivity contribution in [3.8, 4) is 0 Å². The molecule has 0 aromatic heterocycles. The van der Waals surface area contributed by atoms with Crippen LogP contribution in [0.2, 0.25) is 0 Å². The Labute approximate surface area is 557 Å². The fraction of sp³-hybridized carbons (Fsp3) is 0.775. The number of hydrogen-bond acceptors (Lipinski definition) is 7. The number of carbonyl (C=O) groups is 2. The Balaban J connectivity index is 3.98.